The lowest BCUT2D eigenvalue weighted by Crippen LogP contribution is -2.53. The third kappa shape index (κ3) is 3.98. The first-order valence-electron chi connectivity index (χ1n) is 9.40. The Bertz CT molecular complexity index is 549. The molecule has 0 radical (unpaired) electrons. The molecule has 1 saturated carbocycles. The minimum Gasteiger partial charge on any atom is -0.354 e. The molecule has 1 aromatic rings. The summed E-state index contributed by atoms with van der Waals surface area (Å²) in [4.78, 5) is 19.3. The van der Waals surface area contributed by atoms with E-state index in [0.29, 0.717) is 5.92 Å². The van der Waals surface area contributed by atoms with Gasteiger partial charge in [-0.1, -0.05) is 12.8 Å². The lowest BCUT2D eigenvalue weighted by molar-refractivity contribution is -0.126. The number of carbonyl (C=O) groups excluding carboxylic acids is 1. The second-order valence-corrected chi connectivity index (χ2v) is 7.45. The molecule has 2 heterocycles. The molecule has 2 fully saturated rings. The van der Waals surface area contributed by atoms with Gasteiger partial charge in [0.15, 0.2) is 0 Å². The summed E-state index contributed by atoms with van der Waals surface area (Å²) >= 11 is 0. The van der Waals surface area contributed by atoms with Gasteiger partial charge in [0.1, 0.15) is 5.82 Å². The van der Waals surface area contributed by atoms with E-state index >= 15 is 0 Å². The molecule has 1 amide bonds. The predicted molar refractivity (Wildman–Crippen MR) is 94.3 cm³/mol. The quantitative estimate of drug-likeness (QED) is 0.827. The molecule has 1 atom stereocenters. The van der Waals surface area contributed by atoms with Crippen LogP contribution in [-0.4, -0.2) is 45.5 Å². The minimum atomic E-state index is -0.611. The zero-order valence-corrected chi connectivity index (χ0v) is 14.8. The molecular weight excluding hydrogens is 302 g/mol. The van der Waals surface area contributed by atoms with Crippen molar-refractivity contribution in [2.24, 2.45) is 11.7 Å². The molecule has 1 aliphatic carbocycles. The number of nitrogens with one attached hydrogen (secondary N) is 1. The van der Waals surface area contributed by atoms with E-state index in [1.165, 1.54) is 12.8 Å². The van der Waals surface area contributed by atoms with Crippen LogP contribution in [0, 0.1) is 5.92 Å². The average Bonchev–Trinajstić information content (AvgIpc) is 3.22. The molecule has 0 spiro atoms. The number of imidazole rings is 1. The molecule has 1 aliphatic heterocycles. The number of nitrogens with two attached hydrogens (primary N) is 1. The first kappa shape index (κ1) is 17.4. The second-order valence-electron chi connectivity index (χ2n) is 7.45. The summed E-state index contributed by atoms with van der Waals surface area (Å²) in [5, 5.41) is 3.13. The molecule has 0 aromatic carbocycles. The fourth-order valence-electron chi connectivity index (χ4n) is 4.09. The molecule has 1 saturated heterocycles. The van der Waals surface area contributed by atoms with Crippen LogP contribution < -0.4 is 11.1 Å². The standard InChI is InChI=1S/C18H31N5O/c1-2-23-11-9-20-16(23)14-22-10-5-6-15(13-22)12-21-17(24)18(19)7-3-4-8-18/h9,11,15H,2-8,10,12-14,19H2,1H3,(H,21,24). The van der Waals surface area contributed by atoms with Crippen LogP contribution in [0.3, 0.4) is 0 Å². The van der Waals surface area contributed by atoms with Crippen LogP contribution in [0.2, 0.25) is 0 Å². The molecule has 3 N–H and O–H groups in total. The Kier molecular flexibility index (Phi) is 5.56. The largest absolute Gasteiger partial charge is 0.354 e. The molecule has 6 heteroatoms. The molecule has 0 bridgehead atoms. The zero-order valence-electron chi connectivity index (χ0n) is 14.8. The fraction of sp³-hybridized carbons (Fsp3) is 0.778. The highest BCUT2D eigenvalue weighted by molar-refractivity contribution is 5.86. The van der Waals surface area contributed by atoms with Crippen LogP contribution in [0.15, 0.2) is 12.4 Å². The SMILES string of the molecule is CCn1ccnc1CN1CCCC(CNC(=O)C2(N)CCCC2)C1. The molecule has 3 rings (SSSR count). The van der Waals surface area contributed by atoms with Crippen molar-refractivity contribution in [1.82, 2.24) is 19.8 Å². The van der Waals surface area contributed by atoms with Crippen LogP contribution >= 0.6 is 0 Å². The van der Waals surface area contributed by atoms with Gasteiger partial charge < -0.3 is 15.6 Å². The van der Waals surface area contributed by atoms with E-state index < -0.39 is 5.54 Å². The normalized spacial score (nSPS) is 24.2. The van der Waals surface area contributed by atoms with Crippen LogP contribution in [0.4, 0.5) is 0 Å². The van der Waals surface area contributed by atoms with Crippen molar-refractivity contribution >= 4 is 5.91 Å². The number of aryl methyl sites for hydroxylation is 1. The highest BCUT2D eigenvalue weighted by atomic mass is 16.2. The van der Waals surface area contributed by atoms with Gasteiger partial charge >= 0.3 is 0 Å². The summed E-state index contributed by atoms with van der Waals surface area (Å²) in [6.07, 6.45) is 10.1. The maximum absolute atomic E-state index is 12.4. The van der Waals surface area contributed by atoms with Crippen LogP contribution in [0.25, 0.3) is 0 Å². The van der Waals surface area contributed by atoms with Crippen LogP contribution in [0.5, 0.6) is 0 Å². The van der Waals surface area contributed by atoms with Gasteiger partial charge in [0.2, 0.25) is 5.91 Å². The molecule has 6 nitrogen and oxygen atoms in total. The van der Waals surface area contributed by atoms with Crippen molar-refractivity contribution in [3.63, 3.8) is 0 Å². The lowest BCUT2D eigenvalue weighted by Gasteiger charge is -2.33. The summed E-state index contributed by atoms with van der Waals surface area (Å²) in [7, 11) is 0. The van der Waals surface area contributed by atoms with Crippen molar-refractivity contribution in [2.75, 3.05) is 19.6 Å². The first-order chi connectivity index (χ1) is 11.6. The predicted octanol–water partition coefficient (Wildman–Crippen LogP) is 1.50. The number of aromatic nitrogens is 2. The van der Waals surface area contributed by atoms with Gasteiger partial charge in [0, 0.05) is 32.0 Å². The van der Waals surface area contributed by atoms with Gasteiger partial charge in [0.05, 0.1) is 12.1 Å². The Morgan fingerprint density at radius 2 is 2.21 bits per heavy atom. The maximum atomic E-state index is 12.4. The number of amides is 1. The Balaban J connectivity index is 1.48. The van der Waals surface area contributed by atoms with Crippen LogP contribution in [0.1, 0.15) is 51.3 Å². The summed E-state index contributed by atoms with van der Waals surface area (Å²) in [5.41, 5.74) is 5.62. The van der Waals surface area contributed by atoms with E-state index in [-0.39, 0.29) is 5.91 Å². The van der Waals surface area contributed by atoms with E-state index in [9.17, 15) is 4.79 Å². The Hall–Kier alpha value is -1.40. The Morgan fingerprint density at radius 3 is 2.96 bits per heavy atom. The highest BCUT2D eigenvalue weighted by Gasteiger charge is 2.37. The molecule has 134 valence electrons. The zero-order chi connectivity index (χ0) is 17.0. The summed E-state index contributed by atoms with van der Waals surface area (Å²) in [6, 6.07) is 0. The summed E-state index contributed by atoms with van der Waals surface area (Å²) in [5.74, 6) is 1.70. The van der Waals surface area contributed by atoms with Crippen molar-refractivity contribution in [3.05, 3.63) is 18.2 Å². The van der Waals surface area contributed by atoms with Gasteiger partial charge in [-0.25, -0.2) is 4.98 Å². The number of rotatable bonds is 6. The van der Waals surface area contributed by atoms with Crippen molar-refractivity contribution in [1.29, 1.82) is 0 Å². The van der Waals surface area contributed by atoms with E-state index in [1.807, 2.05) is 12.4 Å². The average molecular weight is 333 g/mol. The van der Waals surface area contributed by atoms with Gasteiger partial charge in [-0.3, -0.25) is 9.69 Å². The second kappa shape index (κ2) is 7.66. The number of likely N-dealkylation sites (tertiary alicyclic amines) is 1. The molecule has 24 heavy (non-hydrogen) atoms. The number of nitrogens with zero attached hydrogens (tertiary/aromatic N) is 3. The molecule has 2 aliphatic rings. The summed E-state index contributed by atoms with van der Waals surface area (Å²) in [6.45, 7) is 6.88. The number of hydrogen-bond donors (Lipinski definition) is 2. The third-order valence-electron chi connectivity index (χ3n) is 5.61. The highest BCUT2D eigenvalue weighted by Crippen LogP contribution is 2.27. The van der Waals surface area contributed by atoms with E-state index in [0.717, 1.165) is 64.2 Å². The first-order valence-corrected chi connectivity index (χ1v) is 9.40. The topological polar surface area (TPSA) is 76.2 Å². The molecular formula is C18H31N5O. The van der Waals surface area contributed by atoms with Gasteiger partial charge in [-0.05, 0) is 45.1 Å². The van der Waals surface area contributed by atoms with E-state index in [1.54, 1.807) is 0 Å². The van der Waals surface area contributed by atoms with E-state index in [4.69, 9.17) is 5.73 Å². The van der Waals surface area contributed by atoms with Crippen molar-refractivity contribution in [3.8, 4) is 0 Å². The van der Waals surface area contributed by atoms with Gasteiger partial charge in [0.25, 0.3) is 0 Å². The number of hydrogen-bond acceptors (Lipinski definition) is 4. The fourth-order valence-corrected chi connectivity index (χ4v) is 4.09. The van der Waals surface area contributed by atoms with Gasteiger partial charge in [-0.15, -0.1) is 0 Å². The number of carbonyl (C=O) groups is 1. The Morgan fingerprint density at radius 1 is 1.42 bits per heavy atom. The summed E-state index contributed by atoms with van der Waals surface area (Å²) < 4.78 is 2.20. The van der Waals surface area contributed by atoms with Gasteiger partial charge in [-0.2, -0.15) is 0 Å². The maximum Gasteiger partial charge on any atom is 0.240 e. The minimum absolute atomic E-state index is 0.0543. The van der Waals surface area contributed by atoms with Crippen molar-refractivity contribution < 1.29 is 4.79 Å². The number of piperidine rings is 1. The third-order valence-corrected chi connectivity index (χ3v) is 5.61. The smallest absolute Gasteiger partial charge is 0.240 e. The lowest BCUT2D eigenvalue weighted by atomic mass is 9.95. The monoisotopic (exact) mass is 333 g/mol. The Labute approximate surface area is 144 Å². The van der Waals surface area contributed by atoms with Crippen molar-refractivity contribution in [2.45, 2.75) is 64.1 Å². The van der Waals surface area contributed by atoms with E-state index in [2.05, 4.69) is 26.7 Å². The van der Waals surface area contributed by atoms with Crippen LogP contribution in [-0.2, 0) is 17.9 Å². The molecule has 1 aromatic heterocycles. The molecule has 1 unspecified atom stereocenters.